The minimum atomic E-state index is -0.980. The maximum atomic E-state index is 12.4. The molecule has 1 atom stereocenters. The lowest BCUT2D eigenvalue weighted by atomic mass is 10.0. The molecule has 130 valence electrons. The fourth-order valence-corrected chi connectivity index (χ4v) is 3.49. The molecule has 0 amide bonds. The molecular formula is C18H18N2O4S. The van der Waals surface area contributed by atoms with Gasteiger partial charge in [0, 0.05) is 17.9 Å². The van der Waals surface area contributed by atoms with Crippen molar-refractivity contribution >= 4 is 23.5 Å². The lowest BCUT2D eigenvalue weighted by Gasteiger charge is -2.13. The number of rotatable bonds is 5. The number of benzene rings is 1. The van der Waals surface area contributed by atoms with Crippen LogP contribution in [0.2, 0.25) is 0 Å². The molecule has 1 aromatic heterocycles. The topological polar surface area (TPSA) is 78.3 Å². The average molecular weight is 358 g/mol. The van der Waals surface area contributed by atoms with Crippen LogP contribution < -0.4 is 5.56 Å². The Kier molecular flexibility index (Phi) is 5.03. The van der Waals surface area contributed by atoms with Gasteiger partial charge in [-0.05, 0) is 18.9 Å². The van der Waals surface area contributed by atoms with E-state index >= 15 is 0 Å². The molecule has 0 bridgehead atoms. The Morgan fingerprint density at radius 1 is 1.32 bits per heavy atom. The number of carbonyl (C=O) groups excluding carboxylic acids is 2. The second kappa shape index (κ2) is 7.23. The summed E-state index contributed by atoms with van der Waals surface area (Å²) in [6, 6.07) is 7.18. The maximum Gasteiger partial charge on any atom is 0.346 e. The van der Waals surface area contributed by atoms with Crippen LogP contribution in [0.4, 0.5) is 0 Å². The van der Waals surface area contributed by atoms with Crippen molar-refractivity contribution in [3.05, 3.63) is 57.5 Å². The molecule has 2 aromatic rings. The Hall–Kier alpha value is -2.41. The van der Waals surface area contributed by atoms with E-state index in [0.717, 1.165) is 17.7 Å². The van der Waals surface area contributed by atoms with Gasteiger partial charge in [-0.3, -0.25) is 14.2 Å². The summed E-state index contributed by atoms with van der Waals surface area (Å²) in [4.78, 5) is 41.1. The Bertz CT molecular complexity index is 874. The normalized spacial score (nSPS) is 14.0. The van der Waals surface area contributed by atoms with Crippen LogP contribution in [0, 0.1) is 0 Å². The maximum absolute atomic E-state index is 12.4. The molecule has 0 radical (unpaired) electrons. The summed E-state index contributed by atoms with van der Waals surface area (Å²) in [5.74, 6) is -0.375. The monoisotopic (exact) mass is 358 g/mol. The molecule has 0 saturated heterocycles. The van der Waals surface area contributed by atoms with E-state index in [-0.39, 0.29) is 11.3 Å². The standard InChI is InChI=1S/C18H18N2O4S/c1-3-12-4-6-13(7-5-12)15(21)11(2)24-17(23)14-10-19-18-20(16(14)22)8-9-25-18/h4-7,10-11H,3,8-9H2,1-2H3/t11-/m1/s1. The Morgan fingerprint density at radius 3 is 2.72 bits per heavy atom. The molecule has 2 heterocycles. The number of carbonyl (C=O) groups is 2. The van der Waals surface area contributed by atoms with Gasteiger partial charge in [0.05, 0.1) is 6.20 Å². The third kappa shape index (κ3) is 3.51. The summed E-state index contributed by atoms with van der Waals surface area (Å²) < 4.78 is 6.66. The number of hydrogen-bond acceptors (Lipinski definition) is 6. The van der Waals surface area contributed by atoms with Gasteiger partial charge in [-0.1, -0.05) is 43.0 Å². The van der Waals surface area contributed by atoms with Crippen molar-refractivity contribution in [2.24, 2.45) is 0 Å². The number of aromatic nitrogens is 2. The van der Waals surface area contributed by atoms with Gasteiger partial charge in [0.25, 0.3) is 5.56 Å². The van der Waals surface area contributed by atoms with Crippen molar-refractivity contribution in [3.8, 4) is 0 Å². The van der Waals surface area contributed by atoms with Gasteiger partial charge in [0.15, 0.2) is 11.3 Å². The first-order chi connectivity index (χ1) is 12.0. The lowest BCUT2D eigenvalue weighted by Crippen LogP contribution is -2.31. The van der Waals surface area contributed by atoms with E-state index in [1.54, 1.807) is 12.1 Å². The van der Waals surface area contributed by atoms with E-state index in [9.17, 15) is 14.4 Å². The van der Waals surface area contributed by atoms with Crippen LogP contribution in [-0.4, -0.2) is 33.2 Å². The van der Waals surface area contributed by atoms with E-state index in [1.165, 1.54) is 29.4 Å². The Balaban J connectivity index is 1.74. The fourth-order valence-electron chi connectivity index (χ4n) is 2.57. The zero-order valence-electron chi connectivity index (χ0n) is 14.0. The predicted molar refractivity (Wildman–Crippen MR) is 94.2 cm³/mol. The predicted octanol–water partition coefficient (Wildman–Crippen LogP) is 2.34. The lowest BCUT2D eigenvalue weighted by molar-refractivity contribution is 0.0315. The van der Waals surface area contributed by atoms with Crippen molar-refractivity contribution in [2.45, 2.75) is 38.1 Å². The second-order valence-electron chi connectivity index (χ2n) is 5.72. The molecule has 7 heteroatoms. The third-order valence-corrected chi connectivity index (χ3v) is 5.05. The van der Waals surface area contributed by atoms with Crippen LogP contribution in [0.15, 0.2) is 40.4 Å². The van der Waals surface area contributed by atoms with Crippen LogP contribution in [0.5, 0.6) is 0 Å². The number of ether oxygens (including phenoxy) is 1. The van der Waals surface area contributed by atoms with Crippen LogP contribution in [0.25, 0.3) is 0 Å². The minimum Gasteiger partial charge on any atom is -0.450 e. The number of esters is 1. The summed E-state index contributed by atoms with van der Waals surface area (Å²) in [6.07, 6.45) is 1.13. The number of thioether (sulfide) groups is 1. The number of hydrogen-bond donors (Lipinski definition) is 0. The van der Waals surface area contributed by atoms with Gasteiger partial charge in [0.2, 0.25) is 5.78 Å². The molecule has 0 fully saturated rings. The highest BCUT2D eigenvalue weighted by Gasteiger charge is 2.25. The van der Waals surface area contributed by atoms with Crippen LogP contribution in [0.1, 0.15) is 40.1 Å². The molecule has 6 nitrogen and oxygen atoms in total. The van der Waals surface area contributed by atoms with Crippen LogP contribution in [-0.2, 0) is 17.7 Å². The van der Waals surface area contributed by atoms with Crippen molar-refractivity contribution in [1.82, 2.24) is 9.55 Å². The zero-order valence-corrected chi connectivity index (χ0v) is 14.8. The van der Waals surface area contributed by atoms with E-state index in [4.69, 9.17) is 4.74 Å². The number of fused-ring (bicyclic) bond motifs is 1. The highest BCUT2D eigenvalue weighted by Crippen LogP contribution is 2.20. The average Bonchev–Trinajstić information content (AvgIpc) is 3.11. The smallest absolute Gasteiger partial charge is 0.346 e. The number of Topliss-reactive ketones (excluding diaryl/α,β-unsaturated/α-hetero) is 1. The zero-order chi connectivity index (χ0) is 18.0. The molecule has 0 saturated carbocycles. The van der Waals surface area contributed by atoms with Gasteiger partial charge in [0.1, 0.15) is 5.56 Å². The Labute approximate surface area is 149 Å². The summed E-state index contributed by atoms with van der Waals surface area (Å²) >= 11 is 1.47. The van der Waals surface area contributed by atoms with Crippen LogP contribution >= 0.6 is 11.8 Å². The van der Waals surface area contributed by atoms with E-state index in [0.29, 0.717) is 17.3 Å². The molecular weight excluding hydrogens is 340 g/mol. The minimum absolute atomic E-state index is 0.146. The van der Waals surface area contributed by atoms with Gasteiger partial charge in [-0.15, -0.1) is 0 Å². The first-order valence-electron chi connectivity index (χ1n) is 8.08. The van der Waals surface area contributed by atoms with Crippen LogP contribution in [0.3, 0.4) is 0 Å². The number of nitrogens with zero attached hydrogens (tertiary/aromatic N) is 2. The van der Waals surface area contributed by atoms with E-state index in [2.05, 4.69) is 4.98 Å². The molecule has 0 unspecified atom stereocenters. The molecule has 1 aromatic carbocycles. The molecule has 1 aliphatic rings. The second-order valence-corrected chi connectivity index (χ2v) is 6.78. The van der Waals surface area contributed by atoms with E-state index in [1.807, 2.05) is 19.1 Å². The van der Waals surface area contributed by atoms with Gasteiger partial charge >= 0.3 is 5.97 Å². The van der Waals surface area contributed by atoms with E-state index < -0.39 is 17.6 Å². The summed E-state index contributed by atoms with van der Waals surface area (Å²) in [7, 11) is 0. The Morgan fingerprint density at radius 2 is 2.04 bits per heavy atom. The third-order valence-electron chi connectivity index (χ3n) is 4.08. The quantitative estimate of drug-likeness (QED) is 0.464. The summed E-state index contributed by atoms with van der Waals surface area (Å²) in [5, 5.41) is 0.599. The summed E-state index contributed by atoms with van der Waals surface area (Å²) in [5.41, 5.74) is 1.02. The number of aryl methyl sites for hydroxylation is 1. The SMILES string of the molecule is CCc1ccc(C(=O)[C@@H](C)OC(=O)c2cnc3n(c2=O)CCS3)cc1. The first-order valence-corrected chi connectivity index (χ1v) is 9.06. The molecule has 3 rings (SSSR count). The highest BCUT2D eigenvalue weighted by atomic mass is 32.2. The molecule has 0 N–H and O–H groups in total. The first kappa shape index (κ1) is 17.4. The van der Waals surface area contributed by atoms with Crippen molar-refractivity contribution < 1.29 is 14.3 Å². The molecule has 0 spiro atoms. The largest absolute Gasteiger partial charge is 0.450 e. The van der Waals surface area contributed by atoms with Gasteiger partial charge in [-0.25, -0.2) is 9.78 Å². The highest BCUT2D eigenvalue weighted by molar-refractivity contribution is 7.99. The molecule has 1 aliphatic heterocycles. The van der Waals surface area contributed by atoms with Gasteiger partial charge < -0.3 is 4.74 Å². The van der Waals surface area contributed by atoms with Gasteiger partial charge in [-0.2, -0.15) is 0 Å². The summed E-state index contributed by atoms with van der Waals surface area (Å²) in [6.45, 7) is 4.05. The molecule has 0 aliphatic carbocycles. The fraction of sp³-hybridized carbons (Fsp3) is 0.333. The van der Waals surface area contributed by atoms with Crippen molar-refractivity contribution in [2.75, 3.05) is 5.75 Å². The van der Waals surface area contributed by atoms with Crippen molar-refractivity contribution in [3.63, 3.8) is 0 Å². The van der Waals surface area contributed by atoms with Crippen molar-refractivity contribution in [1.29, 1.82) is 0 Å². The number of ketones is 1. The molecule has 25 heavy (non-hydrogen) atoms.